The third-order valence-corrected chi connectivity index (χ3v) is 4.61. The quantitative estimate of drug-likeness (QED) is 0.902. The van der Waals surface area contributed by atoms with Crippen LogP contribution in [0.1, 0.15) is 20.3 Å². The zero-order chi connectivity index (χ0) is 13.2. The Balaban J connectivity index is 3.17. The van der Waals surface area contributed by atoms with Crippen molar-refractivity contribution in [1.29, 1.82) is 0 Å². The molecule has 0 fully saturated rings. The number of halogens is 2. The number of sulfone groups is 1. The molecule has 17 heavy (non-hydrogen) atoms. The number of hydrogen-bond acceptors (Lipinski definition) is 3. The Morgan fingerprint density at radius 1 is 1.29 bits per heavy atom. The maximum Gasteiger partial charge on any atom is 0.184 e. The monoisotopic (exact) mass is 263 g/mol. The highest BCUT2D eigenvalue weighted by atomic mass is 32.2. The van der Waals surface area contributed by atoms with Gasteiger partial charge in [0.15, 0.2) is 9.84 Å². The summed E-state index contributed by atoms with van der Waals surface area (Å²) in [5, 5.41) is -0.848. The van der Waals surface area contributed by atoms with Crippen molar-refractivity contribution in [2.24, 2.45) is 5.73 Å². The first-order chi connectivity index (χ1) is 7.75. The van der Waals surface area contributed by atoms with E-state index < -0.39 is 31.6 Å². The summed E-state index contributed by atoms with van der Waals surface area (Å²) in [6.45, 7) is 3.09. The largest absolute Gasteiger partial charge is 0.328 e. The topological polar surface area (TPSA) is 60.2 Å². The van der Waals surface area contributed by atoms with Gasteiger partial charge in [-0.3, -0.25) is 0 Å². The standard InChI is InChI=1S/C11H15F2NO2S/c1-7(14)5-8(2)17(15,16)11-6-9(12)3-4-10(11)13/h3-4,6-8H,5,14H2,1-2H3. The van der Waals surface area contributed by atoms with Crippen molar-refractivity contribution in [2.75, 3.05) is 0 Å². The van der Waals surface area contributed by atoms with Crippen molar-refractivity contribution >= 4 is 9.84 Å². The van der Waals surface area contributed by atoms with E-state index in [0.29, 0.717) is 6.07 Å². The van der Waals surface area contributed by atoms with Gasteiger partial charge in [-0.1, -0.05) is 0 Å². The molecule has 3 nitrogen and oxygen atoms in total. The van der Waals surface area contributed by atoms with Crippen LogP contribution < -0.4 is 5.73 Å². The Morgan fingerprint density at radius 2 is 1.88 bits per heavy atom. The fourth-order valence-corrected chi connectivity index (χ4v) is 3.17. The summed E-state index contributed by atoms with van der Waals surface area (Å²) in [6.07, 6.45) is 0.193. The summed E-state index contributed by atoms with van der Waals surface area (Å²) in [6, 6.07) is 2.06. The molecule has 0 aliphatic heterocycles. The number of rotatable bonds is 4. The van der Waals surface area contributed by atoms with E-state index in [1.54, 1.807) is 6.92 Å². The van der Waals surface area contributed by atoms with Crippen LogP contribution in [-0.4, -0.2) is 19.7 Å². The van der Waals surface area contributed by atoms with Crippen molar-refractivity contribution in [3.8, 4) is 0 Å². The molecule has 0 heterocycles. The van der Waals surface area contributed by atoms with E-state index in [-0.39, 0.29) is 12.5 Å². The van der Waals surface area contributed by atoms with E-state index in [1.165, 1.54) is 6.92 Å². The third kappa shape index (κ3) is 3.23. The van der Waals surface area contributed by atoms with Crippen LogP contribution in [-0.2, 0) is 9.84 Å². The Labute approximate surface area is 99.6 Å². The van der Waals surface area contributed by atoms with Crippen LogP contribution in [0.3, 0.4) is 0 Å². The highest BCUT2D eigenvalue weighted by Gasteiger charge is 2.27. The number of benzene rings is 1. The molecule has 1 rings (SSSR count). The van der Waals surface area contributed by atoms with Crippen LogP contribution in [0.4, 0.5) is 8.78 Å². The van der Waals surface area contributed by atoms with Crippen molar-refractivity contribution in [3.63, 3.8) is 0 Å². The minimum absolute atomic E-state index is 0.193. The summed E-state index contributed by atoms with van der Waals surface area (Å²) >= 11 is 0. The molecule has 1 aromatic carbocycles. The van der Waals surface area contributed by atoms with Crippen molar-refractivity contribution < 1.29 is 17.2 Å². The second-order valence-corrected chi connectivity index (χ2v) is 6.48. The van der Waals surface area contributed by atoms with E-state index in [4.69, 9.17) is 5.73 Å². The Morgan fingerprint density at radius 3 is 2.41 bits per heavy atom. The molecule has 6 heteroatoms. The second-order valence-electron chi connectivity index (χ2n) is 4.14. The first kappa shape index (κ1) is 14.1. The molecule has 0 amide bonds. The van der Waals surface area contributed by atoms with E-state index in [9.17, 15) is 17.2 Å². The van der Waals surface area contributed by atoms with Gasteiger partial charge in [0.25, 0.3) is 0 Å². The van der Waals surface area contributed by atoms with Gasteiger partial charge in [0.1, 0.15) is 16.5 Å². The summed E-state index contributed by atoms with van der Waals surface area (Å²) in [5.74, 6) is -1.72. The molecule has 0 aliphatic rings. The Bertz CT molecular complexity index is 500. The van der Waals surface area contributed by atoms with Gasteiger partial charge in [0, 0.05) is 6.04 Å². The number of nitrogens with two attached hydrogens (primary N) is 1. The lowest BCUT2D eigenvalue weighted by Gasteiger charge is -2.15. The molecule has 2 N–H and O–H groups in total. The zero-order valence-electron chi connectivity index (χ0n) is 9.65. The highest BCUT2D eigenvalue weighted by Crippen LogP contribution is 2.22. The molecule has 2 atom stereocenters. The third-order valence-electron chi connectivity index (χ3n) is 2.43. The van der Waals surface area contributed by atoms with Gasteiger partial charge >= 0.3 is 0 Å². The maximum absolute atomic E-state index is 13.4. The van der Waals surface area contributed by atoms with Crippen molar-refractivity contribution in [2.45, 2.75) is 36.5 Å². The van der Waals surface area contributed by atoms with Crippen molar-refractivity contribution in [1.82, 2.24) is 0 Å². The molecule has 96 valence electrons. The minimum Gasteiger partial charge on any atom is -0.328 e. The van der Waals surface area contributed by atoms with Crippen LogP contribution in [0, 0.1) is 11.6 Å². The second kappa shape index (κ2) is 5.10. The van der Waals surface area contributed by atoms with Crippen molar-refractivity contribution in [3.05, 3.63) is 29.8 Å². The molecule has 0 saturated heterocycles. The molecular formula is C11H15F2NO2S. The predicted octanol–water partition coefficient (Wildman–Crippen LogP) is 1.86. The molecule has 0 spiro atoms. The van der Waals surface area contributed by atoms with Gasteiger partial charge in [0.05, 0.1) is 5.25 Å². The summed E-state index contributed by atoms with van der Waals surface area (Å²) < 4.78 is 50.3. The molecule has 0 bridgehead atoms. The van der Waals surface area contributed by atoms with Crippen LogP contribution in [0.25, 0.3) is 0 Å². The van der Waals surface area contributed by atoms with Gasteiger partial charge in [0.2, 0.25) is 0 Å². The molecular weight excluding hydrogens is 248 g/mol. The average molecular weight is 263 g/mol. The Kier molecular flexibility index (Phi) is 4.21. The molecule has 2 unspecified atom stereocenters. The fourth-order valence-electron chi connectivity index (χ4n) is 1.56. The first-order valence-corrected chi connectivity index (χ1v) is 6.74. The molecule has 0 saturated carbocycles. The molecule has 0 radical (unpaired) electrons. The SMILES string of the molecule is CC(N)CC(C)S(=O)(=O)c1cc(F)ccc1F. The lowest BCUT2D eigenvalue weighted by molar-refractivity contribution is 0.537. The summed E-state index contributed by atoms with van der Waals surface area (Å²) in [7, 11) is -3.88. The van der Waals surface area contributed by atoms with Gasteiger partial charge in [-0.15, -0.1) is 0 Å². The molecule has 0 aromatic heterocycles. The summed E-state index contributed by atoms with van der Waals surface area (Å²) in [4.78, 5) is -0.606. The van der Waals surface area contributed by atoms with Crippen LogP contribution in [0.15, 0.2) is 23.1 Å². The average Bonchev–Trinajstić information content (AvgIpc) is 2.20. The van der Waals surface area contributed by atoms with Gasteiger partial charge in [-0.05, 0) is 38.5 Å². The van der Waals surface area contributed by atoms with Crippen LogP contribution in [0.2, 0.25) is 0 Å². The highest BCUT2D eigenvalue weighted by molar-refractivity contribution is 7.92. The molecule has 1 aromatic rings. The molecule has 0 aliphatic carbocycles. The smallest absolute Gasteiger partial charge is 0.184 e. The van der Waals surface area contributed by atoms with Crippen LogP contribution >= 0.6 is 0 Å². The van der Waals surface area contributed by atoms with Gasteiger partial charge in [-0.25, -0.2) is 17.2 Å². The lowest BCUT2D eigenvalue weighted by atomic mass is 10.2. The van der Waals surface area contributed by atoms with Gasteiger partial charge in [-0.2, -0.15) is 0 Å². The van der Waals surface area contributed by atoms with E-state index in [0.717, 1.165) is 12.1 Å². The van der Waals surface area contributed by atoms with Crippen LogP contribution in [0.5, 0.6) is 0 Å². The Hall–Kier alpha value is -1.01. The lowest BCUT2D eigenvalue weighted by Crippen LogP contribution is -2.27. The number of hydrogen-bond donors (Lipinski definition) is 1. The minimum atomic E-state index is -3.88. The first-order valence-electron chi connectivity index (χ1n) is 5.19. The van der Waals surface area contributed by atoms with E-state index in [2.05, 4.69) is 0 Å². The van der Waals surface area contributed by atoms with Gasteiger partial charge < -0.3 is 5.73 Å². The normalized spacial score (nSPS) is 15.6. The fraction of sp³-hybridized carbons (Fsp3) is 0.455. The predicted molar refractivity (Wildman–Crippen MR) is 61.3 cm³/mol. The zero-order valence-corrected chi connectivity index (χ0v) is 10.5. The van der Waals surface area contributed by atoms with E-state index >= 15 is 0 Å². The summed E-state index contributed by atoms with van der Waals surface area (Å²) in [5.41, 5.74) is 5.50. The maximum atomic E-state index is 13.4. The van der Waals surface area contributed by atoms with E-state index in [1.807, 2.05) is 0 Å².